The van der Waals surface area contributed by atoms with Gasteiger partial charge in [-0.25, -0.2) is 4.98 Å². The summed E-state index contributed by atoms with van der Waals surface area (Å²) in [7, 11) is 0. The topological polar surface area (TPSA) is 49.6 Å². The minimum absolute atomic E-state index is 0.314. The van der Waals surface area contributed by atoms with Crippen molar-refractivity contribution in [3.8, 4) is 0 Å². The smallest absolute Gasteiger partial charge is 0.137 e. The van der Waals surface area contributed by atoms with E-state index in [0.29, 0.717) is 6.61 Å². The van der Waals surface area contributed by atoms with Gasteiger partial charge in [-0.05, 0) is 38.4 Å². The number of imidazole rings is 1. The number of aryl methyl sites for hydroxylation is 1. The Labute approximate surface area is 114 Å². The molecule has 0 saturated carbocycles. The zero-order chi connectivity index (χ0) is 13.5. The van der Waals surface area contributed by atoms with Crippen LogP contribution in [0.2, 0.25) is 0 Å². The number of rotatable bonds is 8. The maximum atomic E-state index is 8.70. The summed E-state index contributed by atoms with van der Waals surface area (Å²) in [6, 6.07) is 6.08. The minimum Gasteiger partial charge on any atom is -0.396 e. The molecule has 0 fully saturated rings. The van der Waals surface area contributed by atoms with Gasteiger partial charge in [0.1, 0.15) is 5.65 Å². The maximum absolute atomic E-state index is 8.70. The van der Waals surface area contributed by atoms with E-state index in [1.165, 1.54) is 12.1 Å². The fraction of sp³-hybridized carbons (Fsp3) is 0.533. The molecule has 2 aromatic rings. The van der Waals surface area contributed by atoms with E-state index in [4.69, 9.17) is 5.11 Å². The molecule has 104 valence electrons. The summed E-state index contributed by atoms with van der Waals surface area (Å²) in [4.78, 5) is 4.55. The van der Waals surface area contributed by atoms with Gasteiger partial charge in [-0.3, -0.25) is 0 Å². The van der Waals surface area contributed by atoms with Gasteiger partial charge in [0.25, 0.3) is 0 Å². The normalized spacial score (nSPS) is 11.3. The van der Waals surface area contributed by atoms with Crippen LogP contribution in [-0.2, 0) is 6.54 Å². The van der Waals surface area contributed by atoms with Crippen molar-refractivity contribution in [3.05, 3.63) is 35.8 Å². The van der Waals surface area contributed by atoms with Crippen LogP contribution in [0.5, 0.6) is 0 Å². The molecule has 0 radical (unpaired) electrons. The number of pyridine rings is 1. The standard InChI is InChI=1S/C15H23N3O/c1-13-14(12-16-9-5-2-3-7-11-19)18-10-6-4-8-15(18)17-13/h4,6,8,10,16,19H,2-3,5,7,9,11-12H2,1H3. The molecule has 0 aliphatic rings. The van der Waals surface area contributed by atoms with Crippen LogP contribution in [0, 0.1) is 6.92 Å². The highest BCUT2D eigenvalue weighted by Gasteiger charge is 2.06. The second kappa shape index (κ2) is 7.26. The number of unbranched alkanes of at least 4 members (excludes halogenated alkanes) is 3. The lowest BCUT2D eigenvalue weighted by Crippen LogP contribution is -2.16. The van der Waals surface area contributed by atoms with E-state index in [2.05, 4.69) is 27.8 Å². The zero-order valence-corrected chi connectivity index (χ0v) is 11.6. The predicted molar refractivity (Wildman–Crippen MR) is 77.2 cm³/mol. The van der Waals surface area contributed by atoms with Crippen LogP contribution in [-0.4, -0.2) is 27.6 Å². The van der Waals surface area contributed by atoms with E-state index in [1.54, 1.807) is 0 Å². The molecule has 0 amide bonds. The van der Waals surface area contributed by atoms with Gasteiger partial charge < -0.3 is 14.8 Å². The van der Waals surface area contributed by atoms with E-state index >= 15 is 0 Å². The van der Waals surface area contributed by atoms with Crippen LogP contribution in [0.3, 0.4) is 0 Å². The fourth-order valence-corrected chi connectivity index (χ4v) is 2.30. The summed E-state index contributed by atoms with van der Waals surface area (Å²) < 4.78 is 2.15. The first-order chi connectivity index (χ1) is 9.33. The molecule has 2 heterocycles. The number of nitrogens with one attached hydrogen (secondary N) is 1. The molecule has 4 nitrogen and oxygen atoms in total. The highest BCUT2D eigenvalue weighted by Crippen LogP contribution is 2.11. The van der Waals surface area contributed by atoms with E-state index in [1.807, 2.05) is 18.2 Å². The van der Waals surface area contributed by atoms with E-state index in [-0.39, 0.29) is 0 Å². The van der Waals surface area contributed by atoms with Crippen molar-refractivity contribution in [3.63, 3.8) is 0 Å². The van der Waals surface area contributed by atoms with Gasteiger partial charge in [0.2, 0.25) is 0 Å². The molecule has 2 aromatic heterocycles. The Hall–Kier alpha value is -1.39. The number of aromatic nitrogens is 2. The molecule has 0 atom stereocenters. The van der Waals surface area contributed by atoms with Crippen LogP contribution < -0.4 is 5.32 Å². The van der Waals surface area contributed by atoms with Gasteiger partial charge in [-0.2, -0.15) is 0 Å². The molecule has 0 aromatic carbocycles. The number of aliphatic hydroxyl groups is 1. The second-order valence-electron chi connectivity index (χ2n) is 4.89. The molecular weight excluding hydrogens is 238 g/mol. The number of hydrogen-bond donors (Lipinski definition) is 2. The Balaban J connectivity index is 1.80. The van der Waals surface area contributed by atoms with Gasteiger partial charge in [0.15, 0.2) is 0 Å². The van der Waals surface area contributed by atoms with Gasteiger partial charge in [-0.15, -0.1) is 0 Å². The monoisotopic (exact) mass is 261 g/mol. The third-order valence-corrected chi connectivity index (χ3v) is 3.38. The van der Waals surface area contributed by atoms with Gasteiger partial charge in [-0.1, -0.05) is 18.9 Å². The third-order valence-electron chi connectivity index (χ3n) is 3.38. The Morgan fingerprint density at radius 1 is 1.21 bits per heavy atom. The Kier molecular flexibility index (Phi) is 5.36. The average Bonchev–Trinajstić information content (AvgIpc) is 2.74. The molecule has 4 heteroatoms. The fourth-order valence-electron chi connectivity index (χ4n) is 2.30. The summed E-state index contributed by atoms with van der Waals surface area (Å²) in [6.07, 6.45) is 6.45. The summed E-state index contributed by atoms with van der Waals surface area (Å²) in [6.45, 7) is 4.25. The van der Waals surface area contributed by atoms with Crippen LogP contribution in [0.25, 0.3) is 5.65 Å². The molecule has 19 heavy (non-hydrogen) atoms. The molecule has 2 rings (SSSR count). The second-order valence-corrected chi connectivity index (χ2v) is 4.89. The number of nitrogens with zero attached hydrogens (tertiary/aromatic N) is 2. The zero-order valence-electron chi connectivity index (χ0n) is 11.6. The largest absolute Gasteiger partial charge is 0.396 e. The first-order valence-electron chi connectivity index (χ1n) is 7.07. The SMILES string of the molecule is Cc1nc2ccccn2c1CNCCCCCCO. The maximum Gasteiger partial charge on any atom is 0.137 e. The van der Waals surface area contributed by atoms with Gasteiger partial charge in [0.05, 0.1) is 11.4 Å². The van der Waals surface area contributed by atoms with Crippen LogP contribution >= 0.6 is 0 Å². The van der Waals surface area contributed by atoms with Crippen molar-refractivity contribution in [2.45, 2.75) is 39.2 Å². The van der Waals surface area contributed by atoms with Crippen molar-refractivity contribution in [2.24, 2.45) is 0 Å². The first kappa shape index (κ1) is 14.0. The summed E-state index contributed by atoms with van der Waals surface area (Å²) >= 11 is 0. The predicted octanol–water partition coefficient (Wildman–Crippen LogP) is 2.29. The number of aliphatic hydroxyl groups excluding tert-OH is 1. The van der Waals surface area contributed by atoms with Crippen molar-refractivity contribution in [1.82, 2.24) is 14.7 Å². The highest BCUT2D eigenvalue weighted by atomic mass is 16.2. The van der Waals surface area contributed by atoms with Crippen molar-refractivity contribution in [1.29, 1.82) is 0 Å². The minimum atomic E-state index is 0.314. The van der Waals surface area contributed by atoms with E-state index in [0.717, 1.165) is 43.7 Å². The molecule has 0 aliphatic carbocycles. The Morgan fingerprint density at radius 2 is 2.05 bits per heavy atom. The number of fused-ring (bicyclic) bond motifs is 1. The van der Waals surface area contributed by atoms with Gasteiger partial charge in [0, 0.05) is 19.3 Å². The first-order valence-corrected chi connectivity index (χ1v) is 7.07. The van der Waals surface area contributed by atoms with Crippen LogP contribution in [0.4, 0.5) is 0 Å². The molecular formula is C15H23N3O. The Morgan fingerprint density at radius 3 is 2.89 bits per heavy atom. The molecule has 0 aliphatic heterocycles. The summed E-state index contributed by atoms with van der Waals surface area (Å²) in [5.41, 5.74) is 3.35. The van der Waals surface area contributed by atoms with Crippen LogP contribution in [0.1, 0.15) is 37.1 Å². The number of hydrogen-bond acceptors (Lipinski definition) is 3. The quantitative estimate of drug-likeness (QED) is 0.717. The molecule has 0 bridgehead atoms. The molecule has 0 unspecified atom stereocenters. The molecule has 0 saturated heterocycles. The third kappa shape index (κ3) is 3.78. The van der Waals surface area contributed by atoms with Crippen molar-refractivity contribution >= 4 is 5.65 Å². The Bertz CT molecular complexity index is 507. The molecule has 0 spiro atoms. The average molecular weight is 261 g/mol. The summed E-state index contributed by atoms with van der Waals surface area (Å²) in [5, 5.41) is 12.2. The molecule has 2 N–H and O–H groups in total. The lowest BCUT2D eigenvalue weighted by Gasteiger charge is -2.06. The van der Waals surface area contributed by atoms with E-state index in [9.17, 15) is 0 Å². The van der Waals surface area contributed by atoms with Crippen molar-refractivity contribution < 1.29 is 5.11 Å². The van der Waals surface area contributed by atoms with Gasteiger partial charge >= 0.3 is 0 Å². The lowest BCUT2D eigenvalue weighted by atomic mass is 10.2. The van der Waals surface area contributed by atoms with Crippen LogP contribution in [0.15, 0.2) is 24.4 Å². The summed E-state index contributed by atoms with van der Waals surface area (Å²) in [5.74, 6) is 0. The lowest BCUT2D eigenvalue weighted by molar-refractivity contribution is 0.282. The van der Waals surface area contributed by atoms with Crippen molar-refractivity contribution in [2.75, 3.05) is 13.2 Å². The van der Waals surface area contributed by atoms with E-state index < -0.39 is 0 Å². The highest BCUT2D eigenvalue weighted by molar-refractivity contribution is 5.42.